The number of nitrogens with zero attached hydrogens (tertiary/aromatic N) is 2. The molecule has 1 aromatic carbocycles. The molecule has 2 atom stereocenters. The molecular formula is C15H21N3OS. The van der Waals surface area contributed by atoms with Crippen LogP contribution < -0.4 is 5.73 Å². The molecule has 0 aliphatic carbocycles. The van der Waals surface area contributed by atoms with Crippen LogP contribution >= 0.6 is 11.8 Å². The lowest BCUT2D eigenvalue weighted by Gasteiger charge is -2.33. The Bertz CT molecular complexity index is 506. The summed E-state index contributed by atoms with van der Waals surface area (Å²) in [7, 11) is 0. The van der Waals surface area contributed by atoms with Gasteiger partial charge in [-0.05, 0) is 24.0 Å². The lowest BCUT2D eigenvalue weighted by Crippen LogP contribution is -2.43. The highest BCUT2D eigenvalue weighted by Crippen LogP contribution is 2.31. The second-order valence-electron chi connectivity index (χ2n) is 5.46. The van der Waals surface area contributed by atoms with E-state index in [9.17, 15) is 5.11 Å². The standard InChI is InChI=1S/C15H21N3OS/c16-8-11-2-1-3-12(6-11)9-17-15-18-5-4-14(19)7-13(18)10-20-15/h1-3,6,13-14,19H,4-5,7-10,16H2. The van der Waals surface area contributed by atoms with Crippen molar-refractivity contribution in [1.29, 1.82) is 0 Å². The SMILES string of the molecule is NCc1cccc(CN=C2SCC3CC(O)CCN23)c1. The number of aliphatic hydroxyl groups is 1. The highest BCUT2D eigenvalue weighted by Gasteiger charge is 2.34. The molecule has 0 bridgehead atoms. The summed E-state index contributed by atoms with van der Waals surface area (Å²) in [6.45, 7) is 2.22. The highest BCUT2D eigenvalue weighted by molar-refractivity contribution is 8.14. The average Bonchev–Trinajstić information content (AvgIpc) is 2.87. The van der Waals surface area contributed by atoms with Gasteiger partial charge >= 0.3 is 0 Å². The van der Waals surface area contributed by atoms with Crippen LogP contribution in [-0.4, -0.2) is 39.6 Å². The summed E-state index contributed by atoms with van der Waals surface area (Å²) in [6, 6.07) is 8.78. The molecule has 2 aliphatic rings. The molecule has 4 nitrogen and oxygen atoms in total. The van der Waals surface area contributed by atoms with Gasteiger partial charge in [-0.15, -0.1) is 0 Å². The minimum absolute atomic E-state index is 0.127. The van der Waals surface area contributed by atoms with E-state index in [1.165, 1.54) is 5.56 Å². The monoisotopic (exact) mass is 291 g/mol. The molecule has 1 aromatic rings. The van der Waals surface area contributed by atoms with Gasteiger partial charge in [0.2, 0.25) is 0 Å². The first-order valence-electron chi connectivity index (χ1n) is 7.16. The third-order valence-electron chi connectivity index (χ3n) is 3.96. The van der Waals surface area contributed by atoms with Gasteiger partial charge in [0.25, 0.3) is 0 Å². The number of aliphatic imine (C=N–C) groups is 1. The maximum atomic E-state index is 9.72. The van der Waals surface area contributed by atoms with E-state index >= 15 is 0 Å². The van der Waals surface area contributed by atoms with Crippen molar-refractivity contribution in [2.24, 2.45) is 10.7 Å². The number of aliphatic hydroxyl groups excluding tert-OH is 1. The zero-order valence-electron chi connectivity index (χ0n) is 11.5. The number of hydrogen-bond donors (Lipinski definition) is 2. The molecule has 0 aromatic heterocycles. The van der Waals surface area contributed by atoms with Gasteiger partial charge in [0.05, 0.1) is 12.6 Å². The van der Waals surface area contributed by atoms with Gasteiger partial charge in [0.1, 0.15) is 0 Å². The van der Waals surface area contributed by atoms with Crippen LogP contribution in [0.2, 0.25) is 0 Å². The quantitative estimate of drug-likeness (QED) is 0.887. The number of hydrogen-bond acceptors (Lipinski definition) is 4. The third kappa shape index (κ3) is 3.00. The van der Waals surface area contributed by atoms with Crippen molar-refractivity contribution < 1.29 is 5.11 Å². The van der Waals surface area contributed by atoms with Crippen molar-refractivity contribution in [3.8, 4) is 0 Å². The Morgan fingerprint density at radius 2 is 2.25 bits per heavy atom. The molecule has 2 unspecified atom stereocenters. The van der Waals surface area contributed by atoms with Crippen LogP contribution in [0.25, 0.3) is 0 Å². The van der Waals surface area contributed by atoms with E-state index in [0.29, 0.717) is 19.1 Å². The first-order valence-corrected chi connectivity index (χ1v) is 8.14. The van der Waals surface area contributed by atoms with Gasteiger partial charge in [-0.25, -0.2) is 0 Å². The Balaban J connectivity index is 1.67. The molecule has 3 N–H and O–H groups in total. The molecule has 20 heavy (non-hydrogen) atoms. The van der Waals surface area contributed by atoms with Gasteiger partial charge < -0.3 is 15.7 Å². The van der Waals surface area contributed by atoms with E-state index in [4.69, 9.17) is 10.7 Å². The highest BCUT2D eigenvalue weighted by atomic mass is 32.2. The molecule has 0 radical (unpaired) electrons. The Labute approximate surface area is 124 Å². The predicted octanol–water partition coefficient (Wildman–Crippen LogP) is 1.57. The van der Waals surface area contributed by atoms with Gasteiger partial charge in [-0.1, -0.05) is 36.0 Å². The van der Waals surface area contributed by atoms with E-state index in [1.807, 2.05) is 23.9 Å². The lowest BCUT2D eigenvalue weighted by molar-refractivity contribution is 0.0863. The number of piperidine rings is 1. The average molecular weight is 291 g/mol. The Morgan fingerprint density at radius 1 is 1.40 bits per heavy atom. The van der Waals surface area contributed by atoms with Crippen LogP contribution in [0, 0.1) is 0 Å². The second kappa shape index (κ2) is 6.16. The molecular weight excluding hydrogens is 270 g/mol. The fourth-order valence-corrected chi connectivity index (χ4v) is 4.06. The van der Waals surface area contributed by atoms with E-state index in [2.05, 4.69) is 17.0 Å². The number of thioether (sulfide) groups is 1. The summed E-state index contributed by atoms with van der Waals surface area (Å²) in [5.41, 5.74) is 8.03. The van der Waals surface area contributed by atoms with E-state index in [0.717, 1.165) is 35.9 Å². The van der Waals surface area contributed by atoms with Crippen molar-refractivity contribution >= 4 is 16.9 Å². The molecule has 2 aliphatic heterocycles. The summed E-state index contributed by atoms with van der Waals surface area (Å²) in [4.78, 5) is 7.13. The first-order chi connectivity index (χ1) is 9.76. The first kappa shape index (κ1) is 13.9. The molecule has 0 saturated carbocycles. The normalized spacial score (nSPS) is 27.9. The van der Waals surface area contributed by atoms with Crippen molar-refractivity contribution in [2.75, 3.05) is 12.3 Å². The fourth-order valence-electron chi connectivity index (χ4n) is 2.84. The number of fused-ring (bicyclic) bond motifs is 1. The van der Waals surface area contributed by atoms with Gasteiger partial charge in [-0.3, -0.25) is 4.99 Å². The minimum Gasteiger partial charge on any atom is -0.393 e. The molecule has 0 spiro atoms. The van der Waals surface area contributed by atoms with Crippen LogP contribution in [0.4, 0.5) is 0 Å². The topological polar surface area (TPSA) is 61.9 Å². The second-order valence-corrected chi connectivity index (χ2v) is 6.45. The maximum Gasteiger partial charge on any atom is 0.159 e. The van der Waals surface area contributed by atoms with Crippen LogP contribution in [0.5, 0.6) is 0 Å². The van der Waals surface area contributed by atoms with E-state index in [1.54, 1.807) is 0 Å². The summed E-state index contributed by atoms with van der Waals surface area (Å²) < 4.78 is 0. The summed E-state index contributed by atoms with van der Waals surface area (Å²) >= 11 is 1.82. The zero-order valence-corrected chi connectivity index (χ0v) is 12.4. The Kier molecular flexibility index (Phi) is 4.29. The van der Waals surface area contributed by atoms with Crippen molar-refractivity contribution in [2.45, 2.75) is 38.1 Å². The zero-order chi connectivity index (χ0) is 13.9. The Hall–Kier alpha value is -1.04. The molecule has 2 fully saturated rings. The number of amidine groups is 1. The number of rotatable bonds is 3. The lowest BCUT2D eigenvalue weighted by atomic mass is 10.0. The van der Waals surface area contributed by atoms with Crippen LogP contribution in [0.15, 0.2) is 29.3 Å². The summed E-state index contributed by atoms with van der Waals surface area (Å²) in [6.07, 6.45) is 1.62. The van der Waals surface area contributed by atoms with Gasteiger partial charge in [-0.2, -0.15) is 0 Å². The van der Waals surface area contributed by atoms with E-state index < -0.39 is 0 Å². The molecule has 5 heteroatoms. The van der Waals surface area contributed by atoms with Crippen LogP contribution in [0.3, 0.4) is 0 Å². The van der Waals surface area contributed by atoms with Crippen LogP contribution in [-0.2, 0) is 13.1 Å². The number of nitrogens with two attached hydrogens (primary N) is 1. The third-order valence-corrected chi connectivity index (χ3v) is 5.14. The molecule has 2 heterocycles. The van der Waals surface area contributed by atoms with Crippen molar-refractivity contribution in [3.63, 3.8) is 0 Å². The molecule has 3 rings (SSSR count). The van der Waals surface area contributed by atoms with Crippen molar-refractivity contribution in [3.05, 3.63) is 35.4 Å². The maximum absolute atomic E-state index is 9.72. The molecule has 2 saturated heterocycles. The fraction of sp³-hybridized carbons (Fsp3) is 0.533. The van der Waals surface area contributed by atoms with E-state index in [-0.39, 0.29) is 6.10 Å². The predicted molar refractivity (Wildman–Crippen MR) is 83.7 cm³/mol. The summed E-state index contributed by atoms with van der Waals surface area (Å²) in [5, 5.41) is 10.9. The molecule has 108 valence electrons. The largest absolute Gasteiger partial charge is 0.393 e. The smallest absolute Gasteiger partial charge is 0.159 e. The van der Waals surface area contributed by atoms with Gasteiger partial charge in [0.15, 0.2) is 5.17 Å². The number of benzene rings is 1. The van der Waals surface area contributed by atoms with Crippen LogP contribution in [0.1, 0.15) is 24.0 Å². The molecule has 0 amide bonds. The Morgan fingerprint density at radius 3 is 3.10 bits per heavy atom. The minimum atomic E-state index is -0.127. The van der Waals surface area contributed by atoms with Gasteiger partial charge in [0, 0.05) is 24.9 Å². The van der Waals surface area contributed by atoms with Crippen molar-refractivity contribution in [1.82, 2.24) is 4.90 Å². The summed E-state index contributed by atoms with van der Waals surface area (Å²) in [5.74, 6) is 1.05.